The molecule has 0 saturated carbocycles. The van der Waals surface area contributed by atoms with Crippen LogP contribution in [0.15, 0.2) is 0 Å². The predicted octanol–water partition coefficient (Wildman–Crippen LogP) is 2.43. The SMILES string of the molecule is CCc1nc(N2CCOCC2)sc1CNC(C)CC. The first-order valence-corrected chi connectivity index (χ1v) is 8.10. The molecule has 108 valence electrons. The summed E-state index contributed by atoms with van der Waals surface area (Å²) >= 11 is 1.84. The molecule has 1 saturated heterocycles. The van der Waals surface area contributed by atoms with Gasteiger partial charge in [-0.1, -0.05) is 13.8 Å². The number of thiazole rings is 1. The second-order valence-electron chi connectivity index (χ2n) is 5.01. The van der Waals surface area contributed by atoms with Crippen LogP contribution in [-0.2, 0) is 17.7 Å². The number of hydrogen-bond donors (Lipinski definition) is 1. The molecule has 5 heteroatoms. The molecule has 0 spiro atoms. The molecule has 1 fully saturated rings. The third-order valence-electron chi connectivity index (χ3n) is 3.61. The first-order chi connectivity index (χ1) is 9.24. The van der Waals surface area contributed by atoms with Crippen LogP contribution in [-0.4, -0.2) is 37.3 Å². The lowest BCUT2D eigenvalue weighted by Gasteiger charge is -2.26. The molecular weight excluding hydrogens is 258 g/mol. The van der Waals surface area contributed by atoms with Crippen molar-refractivity contribution in [3.05, 3.63) is 10.6 Å². The lowest BCUT2D eigenvalue weighted by Crippen LogP contribution is -2.36. The number of hydrogen-bond acceptors (Lipinski definition) is 5. The second-order valence-corrected chi connectivity index (χ2v) is 6.07. The molecule has 2 heterocycles. The van der Waals surface area contributed by atoms with E-state index in [0.29, 0.717) is 6.04 Å². The van der Waals surface area contributed by atoms with E-state index < -0.39 is 0 Å². The summed E-state index contributed by atoms with van der Waals surface area (Å²) in [6.07, 6.45) is 2.18. The van der Waals surface area contributed by atoms with Gasteiger partial charge in [0.15, 0.2) is 5.13 Å². The van der Waals surface area contributed by atoms with Crippen LogP contribution < -0.4 is 10.2 Å². The Bertz CT molecular complexity index is 388. The molecule has 0 aromatic carbocycles. The number of morpholine rings is 1. The van der Waals surface area contributed by atoms with Crippen molar-refractivity contribution in [2.24, 2.45) is 0 Å². The van der Waals surface area contributed by atoms with Crippen LogP contribution in [0.4, 0.5) is 5.13 Å². The smallest absolute Gasteiger partial charge is 0.185 e. The van der Waals surface area contributed by atoms with Gasteiger partial charge in [-0.15, -0.1) is 11.3 Å². The molecule has 1 aromatic rings. The van der Waals surface area contributed by atoms with Gasteiger partial charge in [0.05, 0.1) is 18.9 Å². The first-order valence-electron chi connectivity index (χ1n) is 7.29. The quantitative estimate of drug-likeness (QED) is 0.870. The van der Waals surface area contributed by atoms with Crippen molar-refractivity contribution >= 4 is 16.5 Å². The zero-order chi connectivity index (χ0) is 13.7. The highest BCUT2D eigenvalue weighted by Gasteiger charge is 2.17. The molecule has 1 unspecified atom stereocenters. The predicted molar refractivity (Wildman–Crippen MR) is 81.1 cm³/mol. The second kappa shape index (κ2) is 7.22. The molecule has 1 aromatic heterocycles. The van der Waals surface area contributed by atoms with Crippen LogP contribution in [0, 0.1) is 0 Å². The van der Waals surface area contributed by atoms with Gasteiger partial charge in [-0.25, -0.2) is 4.98 Å². The maximum atomic E-state index is 5.40. The molecule has 1 aliphatic rings. The lowest BCUT2D eigenvalue weighted by atomic mass is 10.2. The minimum atomic E-state index is 0.568. The number of aromatic nitrogens is 1. The van der Waals surface area contributed by atoms with Crippen molar-refractivity contribution in [3.8, 4) is 0 Å². The highest BCUT2D eigenvalue weighted by Crippen LogP contribution is 2.27. The van der Waals surface area contributed by atoms with Crippen LogP contribution in [0.5, 0.6) is 0 Å². The van der Waals surface area contributed by atoms with Gasteiger partial charge < -0.3 is 15.0 Å². The van der Waals surface area contributed by atoms with Crippen LogP contribution >= 0.6 is 11.3 Å². The normalized spacial score (nSPS) is 17.7. The monoisotopic (exact) mass is 283 g/mol. The summed E-state index contributed by atoms with van der Waals surface area (Å²) in [5.41, 5.74) is 1.25. The maximum Gasteiger partial charge on any atom is 0.185 e. The molecule has 2 rings (SSSR count). The Morgan fingerprint density at radius 3 is 2.74 bits per heavy atom. The fraction of sp³-hybridized carbons (Fsp3) is 0.786. The van der Waals surface area contributed by atoms with Gasteiger partial charge in [0.25, 0.3) is 0 Å². The van der Waals surface area contributed by atoms with E-state index in [1.54, 1.807) is 0 Å². The fourth-order valence-corrected chi connectivity index (χ4v) is 3.24. The first kappa shape index (κ1) is 14.8. The van der Waals surface area contributed by atoms with E-state index in [9.17, 15) is 0 Å². The van der Waals surface area contributed by atoms with Gasteiger partial charge in [0.2, 0.25) is 0 Å². The molecule has 1 atom stereocenters. The van der Waals surface area contributed by atoms with Crippen LogP contribution in [0.3, 0.4) is 0 Å². The van der Waals surface area contributed by atoms with Crippen molar-refractivity contribution in [1.82, 2.24) is 10.3 Å². The minimum absolute atomic E-state index is 0.568. The van der Waals surface area contributed by atoms with Crippen LogP contribution in [0.25, 0.3) is 0 Å². The third-order valence-corrected chi connectivity index (χ3v) is 4.77. The number of anilines is 1. The van der Waals surface area contributed by atoms with Crippen molar-refractivity contribution in [1.29, 1.82) is 0 Å². The molecule has 0 amide bonds. The Labute approximate surface area is 120 Å². The Balaban J connectivity index is 2.03. The van der Waals surface area contributed by atoms with E-state index >= 15 is 0 Å². The van der Waals surface area contributed by atoms with E-state index in [0.717, 1.165) is 45.7 Å². The van der Waals surface area contributed by atoms with Crippen molar-refractivity contribution in [3.63, 3.8) is 0 Å². The lowest BCUT2D eigenvalue weighted by molar-refractivity contribution is 0.122. The highest BCUT2D eigenvalue weighted by atomic mass is 32.1. The number of nitrogens with zero attached hydrogens (tertiary/aromatic N) is 2. The molecule has 0 radical (unpaired) electrons. The van der Waals surface area contributed by atoms with Crippen molar-refractivity contribution < 1.29 is 4.74 Å². The summed E-state index contributed by atoms with van der Waals surface area (Å²) in [5.74, 6) is 0. The average Bonchev–Trinajstić information content (AvgIpc) is 2.89. The standard InChI is InChI=1S/C14H25N3OS/c1-4-11(3)15-10-13-12(5-2)16-14(19-13)17-6-8-18-9-7-17/h11,15H,4-10H2,1-3H3. The topological polar surface area (TPSA) is 37.4 Å². The summed E-state index contributed by atoms with van der Waals surface area (Å²) in [7, 11) is 0. The third kappa shape index (κ3) is 3.91. The number of rotatable bonds is 6. The Hall–Kier alpha value is -0.650. The zero-order valence-corrected chi connectivity index (χ0v) is 13.1. The average molecular weight is 283 g/mol. The summed E-state index contributed by atoms with van der Waals surface area (Å²) in [4.78, 5) is 8.55. The number of nitrogens with one attached hydrogen (secondary N) is 1. The molecule has 1 aliphatic heterocycles. The zero-order valence-electron chi connectivity index (χ0n) is 12.2. The minimum Gasteiger partial charge on any atom is -0.378 e. The fourth-order valence-electron chi connectivity index (χ4n) is 2.09. The number of ether oxygens (including phenoxy) is 1. The van der Waals surface area contributed by atoms with E-state index in [1.807, 2.05) is 11.3 Å². The summed E-state index contributed by atoms with van der Waals surface area (Å²) < 4.78 is 5.40. The van der Waals surface area contributed by atoms with Crippen molar-refractivity contribution in [2.45, 2.75) is 46.2 Å². The van der Waals surface area contributed by atoms with Crippen LogP contribution in [0.2, 0.25) is 0 Å². The van der Waals surface area contributed by atoms with E-state index in [-0.39, 0.29) is 0 Å². The molecule has 19 heavy (non-hydrogen) atoms. The largest absolute Gasteiger partial charge is 0.378 e. The van der Waals surface area contributed by atoms with Gasteiger partial charge in [0.1, 0.15) is 0 Å². The van der Waals surface area contributed by atoms with Crippen LogP contribution in [0.1, 0.15) is 37.8 Å². The van der Waals surface area contributed by atoms with E-state index in [1.165, 1.54) is 15.7 Å². The highest BCUT2D eigenvalue weighted by molar-refractivity contribution is 7.15. The van der Waals surface area contributed by atoms with Gasteiger partial charge in [-0.2, -0.15) is 0 Å². The Morgan fingerprint density at radius 1 is 1.37 bits per heavy atom. The van der Waals surface area contributed by atoms with E-state index in [4.69, 9.17) is 9.72 Å². The molecular formula is C14H25N3OS. The summed E-state index contributed by atoms with van der Waals surface area (Å²) in [6, 6.07) is 0.568. The molecule has 0 bridgehead atoms. The maximum absolute atomic E-state index is 5.40. The van der Waals surface area contributed by atoms with Gasteiger partial charge in [0, 0.05) is 30.6 Å². The summed E-state index contributed by atoms with van der Waals surface area (Å²) in [6.45, 7) is 11.2. The van der Waals surface area contributed by atoms with Gasteiger partial charge in [-0.05, 0) is 19.8 Å². The summed E-state index contributed by atoms with van der Waals surface area (Å²) in [5, 5.41) is 4.73. The van der Waals surface area contributed by atoms with Crippen molar-refractivity contribution in [2.75, 3.05) is 31.2 Å². The number of aryl methyl sites for hydroxylation is 1. The van der Waals surface area contributed by atoms with Gasteiger partial charge >= 0.3 is 0 Å². The van der Waals surface area contributed by atoms with E-state index in [2.05, 4.69) is 31.0 Å². The Morgan fingerprint density at radius 2 is 2.11 bits per heavy atom. The molecule has 4 nitrogen and oxygen atoms in total. The van der Waals surface area contributed by atoms with Gasteiger partial charge in [-0.3, -0.25) is 0 Å². The molecule has 1 N–H and O–H groups in total. The molecule has 0 aliphatic carbocycles. The Kier molecular flexibility index (Phi) is 5.60.